The van der Waals surface area contributed by atoms with Crippen molar-refractivity contribution in [2.24, 2.45) is 0 Å². The summed E-state index contributed by atoms with van der Waals surface area (Å²) in [6.45, 7) is 49.2. The minimum absolute atomic E-state index is 0. The Morgan fingerprint density at radius 1 is 0.165 bits per heavy atom. The van der Waals surface area contributed by atoms with E-state index < -0.39 is 103 Å². The van der Waals surface area contributed by atoms with Gasteiger partial charge in [0.15, 0.2) is 0 Å². The Balaban J connectivity index is -0.0000000886. The number of hydrogen-bond acceptors (Lipinski definition) is 25. The van der Waals surface area contributed by atoms with Gasteiger partial charge in [-0.3, -0.25) is 0 Å². The van der Waals surface area contributed by atoms with E-state index in [9.17, 15) is 0 Å². The predicted molar refractivity (Wildman–Crippen MR) is 281 cm³/mol. The fraction of sp³-hybridized carbons (Fsp3) is 1.00. The molecule has 520 valence electrons. The molecular weight excluding hydrogens is 2010 g/mol. The number of nitrogens with two attached hydrogens (primary N) is 10. The van der Waals surface area contributed by atoms with E-state index in [1.54, 1.807) is 0 Å². The first kappa shape index (κ1) is 110. The molecular formula is C40H110Br5N20O15Sb5. The van der Waals surface area contributed by atoms with Gasteiger partial charge in [-0.2, -0.15) is 0 Å². The van der Waals surface area contributed by atoms with Crippen LogP contribution in [0.5, 0.6) is 0 Å². The van der Waals surface area contributed by atoms with Crippen LogP contribution in [0, 0.1) is 0 Å². The van der Waals surface area contributed by atoms with Crippen molar-refractivity contribution < 1.29 is 185 Å². The molecule has 0 spiro atoms. The molecule has 0 amide bonds. The molecule has 0 radical (unpaired) electrons. The summed E-state index contributed by atoms with van der Waals surface area (Å²) in [6.07, 6.45) is 0. The third kappa shape index (κ3) is 159. The van der Waals surface area contributed by atoms with Crippen molar-refractivity contribution in [1.29, 1.82) is 0 Å². The Kier molecular flexibility index (Phi) is 137. The number of nitrogens with one attached hydrogen (secondary N) is 10. The molecule has 30 N–H and O–H groups in total. The summed E-state index contributed by atoms with van der Waals surface area (Å²) in [5.41, 5.74) is 0. The molecule has 45 heteroatoms. The van der Waals surface area contributed by atoms with Gasteiger partial charge < -0.3 is 191 Å². The van der Waals surface area contributed by atoms with Gasteiger partial charge in [-0.1, -0.05) is 0 Å². The fourth-order valence-electron chi connectivity index (χ4n) is 6.78. The third-order valence-corrected chi connectivity index (χ3v) is 10.5. The number of rotatable bonds is 0. The van der Waals surface area contributed by atoms with Crippen molar-refractivity contribution in [2.75, 3.05) is 262 Å². The molecule has 10 heterocycles. The Hall–Kier alpha value is 3.49. The molecule has 10 aliphatic heterocycles. The summed E-state index contributed by atoms with van der Waals surface area (Å²) in [7, 11) is 0. The zero-order valence-electron chi connectivity index (χ0n) is 49.3. The van der Waals surface area contributed by atoms with Crippen LogP contribution in [-0.2, 0) is 30.2 Å². The van der Waals surface area contributed by atoms with Crippen LogP contribution in [0.3, 0.4) is 0 Å². The van der Waals surface area contributed by atoms with Gasteiger partial charge in [0.1, 0.15) is 0 Å². The van der Waals surface area contributed by atoms with Crippen LogP contribution in [0.1, 0.15) is 0 Å². The van der Waals surface area contributed by atoms with Crippen molar-refractivity contribution in [3.8, 4) is 0 Å². The fourth-order valence-corrected chi connectivity index (χ4v) is 6.78. The number of piperazine rings is 10. The van der Waals surface area contributed by atoms with Crippen LogP contribution >= 0.6 is 0 Å². The van der Waals surface area contributed by atoms with Gasteiger partial charge in [-0.25, -0.2) is 0 Å². The molecule has 10 rings (SSSR count). The van der Waals surface area contributed by atoms with Gasteiger partial charge in [0.25, 0.3) is 0 Å². The molecule has 0 saturated carbocycles. The number of quaternary nitrogens is 10. The summed E-state index contributed by atoms with van der Waals surface area (Å²) >= 11 is -21.0. The summed E-state index contributed by atoms with van der Waals surface area (Å²) < 4.78 is 129. The molecule has 10 saturated heterocycles. The van der Waals surface area contributed by atoms with E-state index in [-0.39, 0.29) is 84.9 Å². The van der Waals surface area contributed by atoms with Gasteiger partial charge in [0, 0.05) is 131 Å². The molecule has 0 aromatic heterocycles. The first-order valence-electron chi connectivity index (χ1n) is 28.0. The first-order valence-corrected chi connectivity index (χ1v) is 43.6. The summed E-state index contributed by atoms with van der Waals surface area (Å²) in [4.78, 5) is 0. The number of halogens is 5. The second-order valence-corrected chi connectivity index (χ2v) is 23.7. The molecule has 0 aliphatic carbocycles. The summed E-state index contributed by atoms with van der Waals surface area (Å²) in [5, 5.41) is 55.8. The van der Waals surface area contributed by atoms with E-state index in [2.05, 4.69) is 106 Å². The van der Waals surface area contributed by atoms with E-state index in [1.807, 2.05) is 0 Å². The van der Waals surface area contributed by atoms with E-state index in [1.165, 1.54) is 262 Å². The van der Waals surface area contributed by atoms with Crippen molar-refractivity contribution in [3.63, 3.8) is 0 Å². The van der Waals surface area contributed by atoms with Crippen molar-refractivity contribution in [3.05, 3.63) is 0 Å². The molecule has 0 unspecified atom stereocenters. The Morgan fingerprint density at radius 2 is 0.212 bits per heavy atom. The SMILES string of the molecule is C1C[NH2+]CCN1.C1C[NH2+]CCN1.C1C[NH2+]CCN1.C1C[NH2+]CCN1.C1C[NH2+]CCN1.C1C[NH2+]CCN1.C1C[NH2+]CCN1.C1C[NH2+]CCN1.C1C[NH2+]CCN1.C1C[NH2+]CCN1.[Br-].[Br-].[Br-].[Br-].[Br-].[O]=[Sb](=[O])[O-].[O]=[Sb](=[O])[O-].[O]=[Sb](=[O])[O-].[O]=[Sb](=[O])[O-].[O]=[Sb](=[O])[O-]. The van der Waals surface area contributed by atoms with Crippen molar-refractivity contribution >= 4 is 103 Å². The molecule has 85 heavy (non-hydrogen) atoms. The zero-order valence-corrected chi connectivity index (χ0v) is 70.0. The molecule has 0 aromatic carbocycles. The molecule has 0 bridgehead atoms. The van der Waals surface area contributed by atoms with Gasteiger partial charge in [0.2, 0.25) is 0 Å². The molecule has 35 nitrogen and oxygen atoms in total. The van der Waals surface area contributed by atoms with Crippen molar-refractivity contribution in [1.82, 2.24) is 53.2 Å². The quantitative estimate of drug-likeness (QED) is 0.100. The number of hydrogen-bond donors (Lipinski definition) is 20. The maximum atomic E-state index is 8.60. The summed E-state index contributed by atoms with van der Waals surface area (Å²) in [5.74, 6) is 0. The Bertz CT molecular complexity index is 1100. The maximum absolute atomic E-state index is 8.60. The van der Waals surface area contributed by atoms with Gasteiger partial charge in [0.05, 0.1) is 131 Å². The Labute approximate surface area is 595 Å². The van der Waals surface area contributed by atoms with E-state index in [0.717, 1.165) is 0 Å². The van der Waals surface area contributed by atoms with E-state index in [4.69, 9.17) is 47.1 Å². The van der Waals surface area contributed by atoms with Gasteiger partial charge in [-0.05, 0) is 0 Å². The van der Waals surface area contributed by atoms with Gasteiger partial charge in [-0.15, -0.1) is 0 Å². The molecule has 10 aliphatic rings. The summed E-state index contributed by atoms with van der Waals surface area (Å²) in [6, 6.07) is 0. The molecule has 0 atom stereocenters. The monoisotopic (exact) mass is 2110 g/mol. The van der Waals surface area contributed by atoms with Crippen molar-refractivity contribution in [2.45, 2.75) is 0 Å². The average Bonchev–Trinajstić information content (AvgIpc) is 3.50. The first-order chi connectivity index (χ1) is 38.7. The van der Waals surface area contributed by atoms with Crippen LogP contribution in [0.25, 0.3) is 0 Å². The molecule has 0 aromatic rings. The van der Waals surface area contributed by atoms with Crippen LogP contribution < -0.4 is 208 Å². The van der Waals surface area contributed by atoms with Crippen LogP contribution in [0.4, 0.5) is 0 Å². The second kappa shape index (κ2) is 106. The van der Waals surface area contributed by atoms with Crippen LogP contribution in [0.15, 0.2) is 0 Å². The predicted octanol–water partition coefficient (Wildman–Crippen LogP) is -42.5. The van der Waals surface area contributed by atoms with Gasteiger partial charge >= 0.3 is 150 Å². The topological polar surface area (TPSA) is 572 Å². The minimum atomic E-state index is -4.20. The second-order valence-electron chi connectivity index (χ2n) is 17.3. The standard InChI is InChI=1S/10C4H10N2.5BrH.15O.5Sb/c10*1-2-6-4-3-5-1;;;;;;;;;;;;;;;;;;;;;;;;;/h10*5-6H,1-4H2;5*1H;;;;;;;;;;;;;;;;;;;;/q;;;;;;;;;;;;;;;;;;;;;;;;;5*-1;;;;;/p+5. The molecule has 10 fully saturated rings. The normalized spacial score (nSPS) is 18.4. The third-order valence-electron chi connectivity index (χ3n) is 10.5. The zero-order chi connectivity index (χ0) is 60.3. The van der Waals surface area contributed by atoms with Crippen LogP contribution in [-0.4, -0.2) is 365 Å². The average molecular weight is 2120 g/mol. The van der Waals surface area contributed by atoms with E-state index in [0.29, 0.717) is 0 Å². The van der Waals surface area contributed by atoms with E-state index >= 15 is 0 Å². The van der Waals surface area contributed by atoms with Crippen LogP contribution in [0.2, 0.25) is 0 Å². The Morgan fingerprint density at radius 3 is 0.224 bits per heavy atom.